The lowest BCUT2D eigenvalue weighted by molar-refractivity contribution is -0.198. The number of amides is 4. The third kappa shape index (κ3) is 11.9. The summed E-state index contributed by atoms with van der Waals surface area (Å²) in [4.78, 5) is 61.6. The summed E-state index contributed by atoms with van der Waals surface area (Å²) < 4.78 is 27.0. The number of esters is 1. The number of likely N-dealkylation sites (tertiary alicyclic amines) is 1. The average molecular weight is 652 g/mol. The van der Waals surface area contributed by atoms with Gasteiger partial charge in [0, 0.05) is 45.1 Å². The number of rotatable bonds is 18. The van der Waals surface area contributed by atoms with E-state index in [0.717, 1.165) is 0 Å². The number of nitrogens with zero attached hydrogens (tertiary/aromatic N) is 1. The van der Waals surface area contributed by atoms with Gasteiger partial charge in [0.2, 0.25) is 29.9 Å². The van der Waals surface area contributed by atoms with E-state index in [1.165, 1.54) is 11.8 Å². The Morgan fingerprint density at radius 1 is 1.04 bits per heavy atom. The van der Waals surface area contributed by atoms with Gasteiger partial charge in [-0.2, -0.15) is 0 Å². The fourth-order valence-corrected chi connectivity index (χ4v) is 4.79. The van der Waals surface area contributed by atoms with E-state index >= 15 is 0 Å². The Morgan fingerprint density at radius 2 is 1.78 bits per heavy atom. The van der Waals surface area contributed by atoms with Gasteiger partial charge in [-0.3, -0.25) is 28.9 Å². The first kappa shape index (κ1) is 36.8. The number of hydrogen-bond acceptors (Lipinski definition) is 12. The van der Waals surface area contributed by atoms with E-state index in [0.29, 0.717) is 5.56 Å². The molecule has 0 radical (unpaired) electrons. The molecule has 0 bridgehead atoms. The first-order valence-electron chi connectivity index (χ1n) is 15.4. The number of carbonyl (C=O) groups excluding carboxylic acids is 5. The zero-order valence-electron chi connectivity index (χ0n) is 26.5. The Bertz CT molecular complexity index is 1210. The van der Waals surface area contributed by atoms with Crippen LogP contribution in [-0.2, 0) is 49.5 Å². The van der Waals surface area contributed by atoms with E-state index in [1.807, 2.05) is 13.8 Å². The highest BCUT2D eigenvalue weighted by Gasteiger charge is 2.39. The number of hydrogen-bond donors (Lipinski definition) is 4. The van der Waals surface area contributed by atoms with Gasteiger partial charge in [-0.1, -0.05) is 19.9 Å². The standard InChI is InChI=1S/C31H45N3O12/c1-19(2)23-16-29(40)34(30(23)41)9-11-43-13-12-42-10-7-27(38)32-8-6-28(39)33-24-14-21(17-44-20(3)35)4-5-26(24)46-31-25(37)15-22(36)18-45-31/h4-5,14,19,22-23,25,31,36-37H,6-13,15-18H2,1-3H3,(H,32,38)(H,33,39). The smallest absolute Gasteiger partial charge is 0.302 e. The number of anilines is 1. The lowest BCUT2D eigenvalue weighted by Gasteiger charge is -2.31. The molecule has 0 spiro atoms. The SMILES string of the molecule is CC(=O)OCc1ccc(OC2OCC(O)CC2O)c(NC(=O)CCNC(=O)CCOCCOCCN2C(=O)CC(C(C)C)C2=O)c1. The van der Waals surface area contributed by atoms with Crippen LogP contribution in [0.25, 0.3) is 0 Å². The fourth-order valence-electron chi connectivity index (χ4n) is 4.79. The van der Waals surface area contributed by atoms with Crippen LogP contribution < -0.4 is 15.4 Å². The van der Waals surface area contributed by atoms with Crippen LogP contribution in [0.2, 0.25) is 0 Å². The third-order valence-corrected chi connectivity index (χ3v) is 7.35. The summed E-state index contributed by atoms with van der Waals surface area (Å²) in [5.74, 6) is -1.50. The van der Waals surface area contributed by atoms with E-state index in [9.17, 15) is 34.2 Å². The number of imide groups is 1. The minimum atomic E-state index is -1.09. The number of aliphatic hydroxyl groups is 2. The molecule has 4 amide bonds. The summed E-state index contributed by atoms with van der Waals surface area (Å²) in [5, 5.41) is 25.2. The van der Waals surface area contributed by atoms with Crippen molar-refractivity contribution in [2.45, 2.75) is 71.6 Å². The molecule has 256 valence electrons. The molecule has 1 aromatic rings. The van der Waals surface area contributed by atoms with Crippen molar-refractivity contribution in [3.63, 3.8) is 0 Å². The predicted molar refractivity (Wildman–Crippen MR) is 161 cm³/mol. The molecule has 2 heterocycles. The van der Waals surface area contributed by atoms with Gasteiger partial charge in [0.05, 0.1) is 51.4 Å². The van der Waals surface area contributed by atoms with Gasteiger partial charge >= 0.3 is 5.97 Å². The Labute approximate surface area is 267 Å². The van der Waals surface area contributed by atoms with Crippen molar-refractivity contribution in [3.8, 4) is 5.75 Å². The van der Waals surface area contributed by atoms with Crippen molar-refractivity contribution in [2.24, 2.45) is 11.8 Å². The summed E-state index contributed by atoms with van der Waals surface area (Å²) in [6.07, 6.45) is -2.63. The summed E-state index contributed by atoms with van der Waals surface area (Å²) in [6, 6.07) is 4.74. The number of ether oxygens (including phenoxy) is 5. The van der Waals surface area contributed by atoms with Crippen molar-refractivity contribution in [2.75, 3.05) is 51.4 Å². The van der Waals surface area contributed by atoms with Crippen LogP contribution in [0.3, 0.4) is 0 Å². The van der Waals surface area contributed by atoms with Gasteiger partial charge in [-0.05, 0) is 23.6 Å². The number of aliphatic hydroxyl groups excluding tert-OH is 2. The minimum absolute atomic E-state index is 0.0172. The fraction of sp³-hybridized carbons (Fsp3) is 0.645. The molecule has 2 aliphatic heterocycles. The molecular weight excluding hydrogens is 606 g/mol. The molecule has 15 heteroatoms. The molecule has 0 aliphatic carbocycles. The van der Waals surface area contributed by atoms with Crippen molar-refractivity contribution >= 4 is 35.3 Å². The van der Waals surface area contributed by atoms with E-state index in [1.54, 1.807) is 18.2 Å². The van der Waals surface area contributed by atoms with Gasteiger partial charge in [-0.15, -0.1) is 0 Å². The molecule has 1 aromatic carbocycles. The highest BCUT2D eigenvalue weighted by molar-refractivity contribution is 6.03. The molecule has 46 heavy (non-hydrogen) atoms. The molecule has 4 atom stereocenters. The molecule has 2 aliphatic rings. The zero-order valence-corrected chi connectivity index (χ0v) is 26.5. The average Bonchev–Trinajstić information content (AvgIpc) is 3.28. The number of carbonyl (C=O) groups is 5. The van der Waals surface area contributed by atoms with Crippen molar-refractivity contribution in [1.29, 1.82) is 0 Å². The Hall–Kier alpha value is -3.63. The summed E-state index contributed by atoms with van der Waals surface area (Å²) in [5.41, 5.74) is 0.825. The summed E-state index contributed by atoms with van der Waals surface area (Å²) in [7, 11) is 0. The second-order valence-electron chi connectivity index (χ2n) is 11.4. The van der Waals surface area contributed by atoms with Crippen molar-refractivity contribution in [1.82, 2.24) is 10.2 Å². The first-order valence-corrected chi connectivity index (χ1v) is 15.4. The summed E-state index contributed by atoms with van der Waals surface area (Å²) in [6.45, 7) is 6.16. The maximum absolute atomic E-state index is 12.7. The maximum atomic E-state index is 12.7. The Kier molecular flexibility index (Phi) is 14.8. The lowest BCUT2D eigenvalue weighted by Crippen LogP contribution is -2.44. The number of nitrogens with one attached hydrogen (secondary N) is 2. The molecule has 0 saturated carbocycles. The van der Waals surface area contributed by atoms with Crippen LogP contribution in [0.15, 0.2) is 18.2 Å². The largest absolute Gasteiger partial charge is 0.461 e. The zero-order chi connectivity index (χ0) is 33.6. The molecular formula is C31H45N3O12. The van der Waals surface area contributed by atoms with E-state index in [2.05, 4.69) is 10.6 Å². The second kappa shape index (κ2) is 18.5. The molecule has 15 nitrogen and oxygen atoms in total. The number of benzene rings is 1. The first-order chi connectivity index (χ1) is 21.9. The molecule has 4 N–H and O–H groups in total. The van der Waals surface area contributed by atoms with Gasteiger partial charge in [0.15, 0.2) is 0 Å². The maximum Gasteiger partial charge on any atom is 0.302 e. The molecule has 0 aromatic heterocycles. The van der Waals surface area contributed by atoms with Crippen LogP contribution in [0.5, 0.6) is 5.75 Å². The molecule has 2 saturated heterocycles. The molecule has 4 unspecified atom stereocenters. The molecule has 2 fully saturated rings. The third-order valence-electron chi connectivity index (χ3n) is 7.35. The van der Waals surface area contributed by atoms with E-state index < -0.39 is 30.4 Å². The normalized spacial score (nSPS) is 21.4. The second-order valence-corrected chi connectivity index (χ2v) is 11.4. The molecule has 3 rings (SSSR count). The minimum Gasteiger partial charge on any atom is -0.461 e. The van der Waals surface area contributed by atoms with Crippen LogP contribution in [0, 0.1) is 11.8 Å². The Morgan fingerprint density at radius 3 is 2.46 bits per heavy atom. The van der Waals surface area contributed by atoms with E-state index in [-0.39, 0.29) is 119 Å². The van der Waals surface area contributed by atoms with Gasteiger partial charge < -0.3 is 44.5 Å². The Balaban J connectivity index is 1.33. The van der Waals surface area contributed by atoms with E-state index in [4.69, 9.17) is 23.7 Å². The van der Waals surface area contributed by atoms with Crippen LogP contribution in [0.1, 0.15) is 52.0 Å². The van der Waals surface area contributed by atoms with Gasteiger partial charge in [0.25, 0.3) is 0 Å². The van der Waals surface area contributed by atoms with Crippen molar-refractivity contribution in [3.05, 3.63) is 23.8 Å². The van der Waals surface area contributed by atoms with Crippen LogP contribution >= 0.6 is 0 Å². The quantitative estimate of drug-likeness (QED) is 0.0975. The van der Waals surface area contributed by atoms with Crippen molar-refractivity contribution < 1.29 is 57.9 Å². The topological polar surface area (TPSA) is 199 Å². The monoisotopic (exact) mass is 651 g/mol. The van der Waals surface area contributed by atoms with Gasteiger partial charge in [-0.25, -0.2) is 0 Å². The highest BCUT2D eigenvalue weighted by Crippen LogP contribution is 2.30. The van der Waals surface area contributed by atoms with Crippen LogP contribution in [-0.4, -0.2) is 109 Å². The van der Waals surface area contributed by atoms with Gasteiger partial charge in [0.1, 0.15) is 18.5 Å². The van der Waals surface area contributed by atoms with Crippen LogP contribution in [0.4, 0.5) is 5.69 Å². The summed E-state index contributed by atoms with van der Waals surface area (Å²) >= 11 is 0. The predicted octanol–water partition coefficient (Wildman–Crippen LogP) is 0.496. The highest BCUT2D eigenvalue weighted by atomic mass is 16.7. The lowest BCUT2D eigenvalue weighted by atomic mass is 9.94.